The molecule has 0 saturated carbocycles. The normalized spacial score (nSPS) is 20.6. The maximum atomic E-state index is 13.5. The average molecular weight is 585 g/mol. The molecule has 2 aromatic heterocycles. The highest BCUT2D eigenvalue weighted by Crippen LogP contribution is 2.46. The molecule has 2 atom stereocenters. The molecule has 0 radical (unpaired) electrons. The number of pyridine rings is 1. The Morgan fingerprint density at radius 3 is 2.57 bits per heavy atom. The number of aromatic nitrogens is 1. The Kier molecular flexibility index (Phi) is 8.33. The molecule has 1 unspecified atom stereocenters. The second-order valence-electron chi connectivity index (χ2n) is 11.3. The largest absolute Gasteiger partial charge is 0.486 e. The number of piperazine rings is 1. The summed E-state index contributed by atoms with van der Waals surface area (Å²) in [6.07, 6.45) is 4.39. The number of hydrogen-bond donors (Lipinski definition) is 1. The SMILES string of the molecule is CC1(C)SC(c2cccnc2)N[C@@H]1C(=O)N1CCN(CCCOc2c(-c3ccccc3)oc3ccccc3c2=O)CC1. The molecule has 218 valence electrons. The van der Waals surface area contributed by atoms with Crippen molar-refractivity contribution in [3.05, 3.63) is 94.9 Å². The molecule has 6 rings (SSSR count). The topological polar surface area (TPSA) is 87.9 Å². The molecule has 1 N–H and O–H groups in total. The van der Waals surface area contributed by atoms with E-state index >= 15 is 0 Å². The van der Waals surface area contributed by atoms with Crippen LogP contribution < -0.4 is 15.5 Å². The van der Waals surface area contributed by atoms with E-state index in [1.54, 1.807) is 30.1 Å². The van der Waals surface area contributed by atoms with Crippen LogP contribution in [-0.4, -0.2) is 70.8 Å². The molecule has 0 spiro atoms. The third-order valence-electron chi connectivity index (χ3n) is 8.01. The van der Waals surface area contributed by atoms with E-state index < -0.39 is 0 Å². The zero-order valence-electron chi connectivity index (χ0n) is 24.0. The second kappa shape index (κ2) is 12.3. The lowest BCUT2D eigenvalue weighted by atomic mass is 10.0. The average Bonchev–Trinajstić information content (AvgIpc) is 3.35. The molecule has 0 bridgehead atoms. The second-order valence-corrected chi connectivity index (χ2v) is 13.1. The smallest absolute Gasteiger partial charge is 0.241 e. The van der Waals surface area contributed by atoms with Gasteiger partial charge in [0.15, 0.2) is 5.76 Å². The summed E-state index contributed by atoms with van der Waals surface area (Å²) in [4.78, 5) is 35.5. The van der Waals surface area contributed by atoms with Crippen LogP contribution in [0.5, 0.6) is 5.75 Å². The van der Waals surface area contributed by atoms with Crippen LogP contribution in [-0.2, 0) is 4.79 Å². The van der Waals surface area contributed by atoms with Crippen LogP contribution in [0.4, 0.5) is 0 Å². The van der Waals surface area contributed by atoms with Crippen molar-refractivity contribution in [3.8, 4) is 17.1 Å². The molecule has 8 nitrogen and oxygen atoms in total. The van der Waals surface area contributed by atoms with E-state index in [0.717, 1.165) is 37.2 Å². The summed E-state index contributed by atoms with van der Waals surface area (Å²) in [5, 5.41) is 4.13. The van der Waals surface area contributed by atoms with Crippen molar-refractivity contribution in [2.24, 2.45) is 0 Å². The van der Waals surface area contributed by atoms with Gasteiger partial charge in [0, 0.05) is 55.4 Å². The van der Waals surface area contributed by atoms with Gasteiger partial charge in [-0.1, -0.05) is 48.5 Å². The highest BCUT2D eigenvalue weighted by Gasteiger charge is 2.47. The van der Waals surface area contributed by atoms with Gasteiger partial charge in [0.25, 0.3) is 0 Å². The minimum atomic E-state index is -0.250. The molecule has 42 heavy (non-hydrogen) atoms. The minimum absolute atomic E-state index is 0.0522. The maximum absolute atomic E-state index is 13.5. The number of rotatable bonds is 8. The summed E-state index contributed by atoms with van der Waals surface area (Å²) in [7, 11) is 0. The van der Waals surface area contributed by atoms with E-state index in [1.165, 1.54) is 0 Å². The van der Waals surface area contributed by atoms with Crippen molar-refractivity contribution in [1.29, 1.82) is 0 Å². The summed E-state index contributed by atoms with van der Waals surface area (Å²) in [6, 6.07) is 20.6. The fraction of sp³-hybridized carbons (Fsp3) is 0.364. The molecule has 9 heteroatoms. The monoisotopic (exact) mass is 584 g/mol. The first-order valence-electron chi connectivity index (χ1n) is 14.5. The zero-order valence-corrected chi connectivity index (χ0v) is 24.8. The molecule has 0 aliphatic carbocycles. The fourth-order valence-electron chi connectivity index (χ4n) is 5.69. The van der Waals surface area contributed by atoms with E-state index in [1.807, 2.05) is 59.6 Å². The molecule has 2 saturated heterocycles. The molecule has 2 aliphatic rings. The van der Waals surface area contributed by atoms with Gasteiger partial charge in [-0.05, 0) is 44.0 Å². The highest BCUT2D eigenvalue weighted by molar-refractivity contribution is 8.01. The fourth-order valence-corrected chi connectivity index (χ4v) is 7.09. The van der Waals surface area contributed by atoms with Gasteiger partial charge in [0.2, 0.25) is 17.1 Å². The first-order valence-corrected chi connectivity index (χ1v) is 15.4. The minimum Gasteiger partial charge on any atom is -0.486 e. The summed E-state index contributed by atoms with van der Waals surface area (Å²) >= 11 is 1.78. The number of amides is 1. The number of fused-ring (bicyclic) bond motifs is 1. The van der Waals surface area contributed by atoms with Gasteiger partial charge in [-0.25, -0.2) is 0 Å². The van der Waals surface area contributed by atoms with Crippen molar-refractivity contribution >= 4 is 28.6 Å². The predicted octanol–water partition coefficient (Wildman–Crippen LogP) is 4.95. The van der Waals surface area contributed by atoms with Crippen LogP contribution in [0.3, 0.4) is 0 Å². The number of carbonyl (C=O) groups is 1. The summed E-state index contributed by atoms with van der Waals surface area (Å²) in [5.41, 5.74) is 2.29. The summed E-state index contributed by atoms with van der Waals surface area (Å²) in [6.45, 7) is 8.52. The Labute approximate surface area is 250 Å². The Balaban J connectivity index is 1.03. The van der Waals surface area contributed by atoms with E-state index in [0.29, 0.717) is 36.4 Å². The molecule has 1 amide bonds. The number of hydrogen-bond acceptors (Lipinski definition) is 8. The number of nitrogens with zero attached hydrogens (tertiary/aromatic N) is 3. The maximum Gasteiger partial charge on any atom is 0.241 e. The van der Waals surface area contributed by atoms with Crippen molar-refractivity contribution in [3.63, 3.8) is 0 Å². The van der Waals surface area contributed by atoms with Gasteiger partial charge in [-0.2, -0.15) is 0 Å². The third kappa shape index (κ3) is 5.95. The lowest BCUT2D eigenvalue weighted by Crippen LogP contribution is -2.56. The highest BCUT2D eigenvalue weighted by atomic mass is 32.2. The van der Waals surface area contributed by atoms with E-state index in [-0.39, 0.29) is 33.2 Å². The number of carbonyl (C=O) groups excluding carboxylic acids is 1. The van der Waals surface area contributed by atoms with Crippen LogP contribution in [0.25, 0.3) is 22.3 Å². The first-order chi connectivity index (χ1) is 20.4. The van der Waals surface area contributed by atoms with Gasteiger partial charge in [-0.3, -0.25) is 24.8 Å². The number of ether oxygens (including phenoxy) is 1. The van der Waals surface area contributed by atoms with Crippen molar-refractivity contribution in [1.82, 2.24) is 20.1 Å². The van der Waals surface area contributed by atoms with Crippen LogP contribution >= 0.6 is 11.8 Å². The summed E-state index contributed by atoms with van der Waals surface area (Å²) < 4.78 is 12.0. The van der Waals surface area contributed by atoms with Crippen LogP contribution in [0, 0.1) is 0 Å². The number of thioether (sulfide) groups is 1. The van der Waals surface area contributed by atoms with Crippen LogP contribution in [0.15, 0.2) is 88.3 Å². The van der Waals surface area contributed by atoms with Gasteiger partial charge in [0.1, 0.15) is 11.6 Å². The lowest BCUT2D eigenvalue weighted by molar-refractivity contribution is -0.135. The quantitative estimate of drug-likeness (QED) is 0.291. The Hall–Kier alpha value is -3.66. The van der Waals surface area contributed by atoms with Gasteiger partial charge in [0.05, 0.1) is 17.4 Å². The Morgan fingerprint density at radius 2 is 1.81 bits per heavy atom. The van der Waals surface area contributed by atoms with Gasteiger partial charge >= 0.3 is 0 Å². The number of para-hydroxylation sites is 1. The first kappa shape index (κ1) is 28.5. The molecule has 4 aromatic rings. The molecule has 2 fully saturated rings. The van der Waals surface area contributed by atoms with Crippen molar-refractivity contribution < 1.29 is 13.9 Å². The molecule has 2 aromatic carbocycles. The predicted molar refractivity (Wildman–Crippen MR) is 167 cm³/mol. The standard InChI is InChI=1S/C33H36N4O4S/c1-33(2)30(35-31(42-33)24-12-8-15-34-22-24)32(39)37-19-17-36(18-20-37)16-9-21-40-29-27(38)25-13-6-7-14-26(25)41-28(29)23-10-4-3-5-11-23/h3-8,10-15,22,30-31,35H,9,16-21H2,1-2H3/t30-,31?/m1/s1. The van der Waals surface area contributed by atoms with Gasteiger partial charge < -0.3 is 14.1 Å². The molecule has 2 aliphatic heterocycles. The van der Waals surface area contributed by atoms with E-state index in [2.05, 4.69) is 35.1 Å². The van der Waals surface area contributed by atoms with Crippen molar-refractivity contribution in [2.45, 2.75) is 36.4 Å². The van der Waals surface area contributed by atoms with E-state index in [4.69, 9.17) is 9.15 Å². The number of nitrogens with one attached hydrogen (secondary N) is 1. The third-order valence-corrected chi connectivity index (χ3v) is 9.50. The van der Waals surface area contributed by atoms with E-state index in [9.17, 15) is 9.59 Å². The van der Waals surface area contributed by atoms with Crippen LogP contribution in [0.1, 0.15) is 31.2 Å². The van der Waals surface area contributed by atoms with Gasteiger partial charge in [-0.15, -0.1) is 11.8 Å². The Bertz CT molecular complexity index is 1590. The number of benzene rings is 2. The molecular weight excluding hydrogens is 548 g/mol. The lowest BCUT2D eigenvalue weighted by Gasteiger charge is -2.37. The molecular formula is C33H36N4O4S. The summed E-state index contributed by atoms with van der Waals surface area (Å²) in [5.74, 6) is 0.876. The zero-order chi connectivity index (χ0) is 29.1. The Morgan fingerprint density at radius 1 is 1.05 bits per heavy atom. The van der Waals surface area contributed by atoms with Crippen molar-refractivity contribution in [2.75, 3.05) is 39.3 Å². The van der Waals surface area contributed by atoms with Crippen LogP contribution in [0.2, 0.25) is 0 Å². The molecule has 4 heterocycles.